The fourth-order valence-corrected chi connectivity index (χ4v) is 2.71. The molecule has 0 aromatic carbocycles. The summed E-state index contributed by atoms with van der Waals surface area (Å²) in [5, 5.41) is 0. The SMILES string of the molecule is Cc1cnc2c(c1)nc(N)n2C1(C)CCOC1C. The van der Waals surface area contributed by atoms with Gasteiger partial charge in [0, 0.05) is 12.8 Å². The summed E-state index contributed by atoms with van der Waals surface area (Å²) in [6.45, 7) is 6.99. The molecule has 18 heavy (non-hydrogen) atoms. The van der Waals surface area contributed by atoms with Gasteiger partial charge in [0.2, 0.25) is 5.95 Å². The lowest BCUT2D eigenvalue weighted by molar-refractivity contribution is 0.0781. The summed E-state index contributed by atoms with van der Waals surface area (Å²) < 4.78 is 7.72. The summed E-state index contributed by atoms with van der Waals surface area (Å²) in [5.74, 6) is 0.517. The highest BCUT2D eigenvalue weighted by Gasteiger charge is 2.41. The predicted octanol–water partition coefficient (Wildman–Crippen LogP) is 1.85. The first-order valence-electron chi connectivity index (χ1n) is 6.25. The number of aryl methyl sites for hydroxylation is 1. The van der Waals surface area contributed by atoms with Gasteiger partial charge in [-0.05, 0) is 38.8 Å². The number of imidazole rings is 1. The van der Waals surface area contributed by atoms with Crippen molar-refractivity contribution >= 4 is 17.1 Å². The molecule has 0 saturated carbocycles. The molecule has 5 heteroatoms. The molecule has 96 valence electrons. The molecule has 2 atom stereocenters. The van der Waals surface area contributed by atoms with Crippen molar-refractivity contribution in [1.82, 2.24) is 14.5 Å². The average Bonchev–Trinajstić information content (AvgIpc) is 2.79. The maximum atomic E-state index is 6.09. The monoisotopic (exact) mass is 246 g/mol. The van der Waals surface area contributed by atoms with Gasteiger partial charge in [0.05, 0.1) is 11.6 Å². The van der Waals surface area contributed by atoms with E-state index in [0.29, 0.717) is 5.95 Å². The lowest BCUT2D eigenvalue weighted by Crippen LogP contribution is -2.37. The number of pyridine rings is 1. The van der Waals surface area contributed by atoms with Crippen molar-refractivity contribution in [3.05, 3.63) is 17.8 Å². The van der Waals surface area contributed by atoms with E-state index in [9.17, 15) is 0 Å². The number of fused-ring (bicyclic) bond motifs is 1. The van der Waals surface area contributed by atoms with Crippen LogP contribution in [0, 0.1) is 6.92 Å². The van der Waals surface area contributed by atoms with Crippen molar-refractivity contribution in [2.24, 2.45) is 0 Å². The summed E-state index contributed by atoms with van der Waals surface area (Å²) in [6.07, 6.45) is 2.89. The first-order valence-corrected chi connectivity index (χ1v) is 6.25. The van der Waals surface area contributed by atoms with Crippen LogP contribution < -0.4 is 5.73 Å². The van der Waals surface area contributed by atoms with E-state index in [-0.39, 0.29) is 11.6 Å². The topological polar surface area (TPSA) is 66.0 Å². The molecule has 3 rings (SSSR count). The summed E-state index contributed by atoms with van der Waals surface area (Å²) >= 11 is 0. The van der Waals surface area contributed by atoms with E-state index in [1.807, 2.05) is 23.8 Å². The van der Waals surface area contributed by atoms with Crippen molar-refractivity contribution in [2.45, 2.75) is 38.8 Å². The lowest BCUT2D eigenvalue weighted by atomic mass is 9.94. The van der Waals surface area contributed by atoms with Gasteiger partial charge in [0.1, 0.15) is 5.52 Å². The first kappa shape index (κ1) is 11.5. The number of hydrogen-bond acceptors (Lipinski definition) is 4. The maximum Gasteiger partial charge on any atom is 0.203 e. The third-order valence-corrected chi connectivity index (χ3v) is 4.02. The third kappa shape index (κ3) is 1.43. The number of ether oxygens (including phenoxy) is 1. The zero-order chi connectivity index (χ0) is 12.9. The summed E-state index contributed by atoms with van der Waals surface area (Å²) in [6, 6.07) is 2.01. The van der Waals surface area contributed by atoms with Gasteiger partial charge in [-0.15, -0.1) is 0 Å². The van der Waals surface area contributed by atoms with Gasteiger partial charge in [-0.1, -0.05) is 0 Å². The maximum absolute atomic E-state index is 6.09. The fraction of sp³-hybridized carbons (Fsp3) is 0.538. The molecular weight excluding hydrogens is 228 g/mol. The molecule has 0 radical (unpaired) electrons. The molecule has 1 aliphatic rings. The van der Waals surface area contributed by atoms with E-state index < -0.39 is 0 Å². The molecule has 2 aromatic heterocycles. The molecule has 0 amide bonds. The minimum absolute atomic E-state index is 0.111. The van der Waals surface area contributed by atoms with Crippen molar-refractivity contribution in [2.75, 3.05) is 12.3 Å². The van der Waals surface area contributed by atoms with Gasteiger partial charge in [0.25, 0.3) is 0 Å². The zero-order valence-electron chi connectivity index (χ0n) is 11.0. The van der Waals surface area contributed by atoms with Crippen LogP contribution in [0.15, 0.2) is 12.3 Å². The molecule has 2 unspecified atom stereocenters. The molecule has 1 aliphatic heterocycles. The minimum Gasteiger partial charge on any atom is -0.376 e. The Balaban J connectivity index is 2.25. The highest BCUT2D eigenvalue weighted by Crippen LogP contribution is 2.37. The van der Waals surface area contributed by atoms with Gasteiger partial charge < -0.3 is 10.5 Å². The zero-order valence-corrected chi connectivity index (χ0v) is 11.0. The van der Waals surface area contributed by atoms with Gasteiger partial charge in [-0.3, -0.25) is 4.57 Å². The number of hydrogen-bond donors (Lipinski definition) is 1. The first-order chi connectivity index (χ1) is 8.52. The Labute approximate surface area is 106 Å². The van der Waals surface area contributed by atoms with Crippen molar-refractivity contribution in [3.63, 3.8) is 0 Å². The van der Waals surface area contributed by atoms with Crippen molar-refractivity contribution in [3.8, 4) is 0 Å². The van der Waals surface area contributed by atoms with Crippen LogP contribution in [0.2, 0.25) is 0 Å². The second-order valence-electron chi connectivity index (χ2n) is 5.28. The Morgan fingerprint density at radius 2 is 2.33 bits per heavy atom. The van der Waals surface area contributed by atoms with E-state index in [0.717, 1.165) is 29.8 Å². The minimum atomic E-state index is -0.166. The van der Waals surface area contributed by atoms with Crippen molar-refractivity contribution < 1.29 is 4.74 Å². The van der Waals surface area contributed by atoms with E-state index in [2.05, 4.69) is 23.8 Å². The Morgan fingerprint density at radius 1 is 1.56 bits per heavy atom. The molecule has 1 fully saturated rings. The van der Waals surface area contributed by atoms with Crippen LogP contribution in [0.3, 0.4) is 0 Å². The number of aromatic nitrogens is 3. The predicted molar refractivity (Wildman–Crippen MR) is 70.4 cm³/mol. The third-order valence-electron chi connectivity index (χ3n) is 4.02. The molecular formula is C13H18N4O. The molecule has 2 aromatic rings. The lowest BCUT2D eigenvalue weighted by Gasteiger charge is -2.30. The Kier molecular flexibility index (Phi) is 2.35. The number of anilines is 1. The second-order valence-corrected chi connectivity index (χ2v) is 5.28. The highest BCUT2D eigenvalue weighted by atomic mass is 16.5. The van der Waals surface area contributed by atoms with E-state index in [1.54, 1.807) is 0 Å². The van der Waals surface area contributed by atoms with Crippen LogP contribution in [0.4, 0.5) is 5.95 Å². The number of rotatable bonds is 1. The smallest absolute Gasteiger partial charge is 0.203 e. The fourth-order valence-electron chi connectivity index (χ4n) is 2.71. The number of nitrogens with zero attached hydrogens (tertiary/aromatic N) is 3. The number of nitrogen functional groups attached to an aromatic ring is 1. The largest absolute Gasteiger partial charge is 0.376 e. The molecule has 0 bridgehead atoms. The quantitative estimate of drug-likeness (QED) is 0.834. The van der Waals surface area contributed by atoms with E-state index >= 15 is 0 Å². The van der Waals surface area contributed by atoms with E-state index in [4.69, 9.17) is 10.5 Å². The van der Waals surface area contributed by atoms with Crippen LogP contribution >= 0.6 is 0 Å². The van der Waals surface area contributed by atoms with Crippen LogP contribution in [0.5, 0.6) is 0 Å². The molecule has 3 heterocycles. The summed E-state index contributed by atoms with van der Waals surface area (Å²) in [7, 11) is 0. The molecule has 0 spiro atoms. The standard InChI is InChI=1S/C13H18N4O/c1-8-6-10-11(15-7-8)17(12(14)16-10)13(3)4-5-18-9(13)2/h6-7,9H,4-5H2,1-3H3,(H2,14,16). The molecule has 2 N–H and O–H groups in total. The normalized spacial score (nSPS) is 28.1. The van der Waals surface area contributed by atoms with Gasteiger partial charge >= 0.3 is 0 Å². The molecule has 1 saturated heterocycles. The van der Waals surface area contributed by atoms with Gasteiger partial charge in [0.15, 0.2) is 5.65 Å². The van der Waals surface area contributed by atoms with E-state index in [1.165, 1.54) is 0 Å². The Morgan fingerprint density at radius 3 is 3.00 bits per heavy atom. The Bertz CT molecular complexity index is 606. The van der Waals surface area contributed by atoms with Crippen LogP contribution in [-0.2, 0) is 10.3 Å². The second kappa shape index (κ2) is 3.68. The van der Waals surface area contributed by atoms with Gasteiger partial charge in [-0.2, -0.15) is 0 Å². The molecule has 5 nitrogen and oxygen atoms in total. The highest BCUT2D eigenvalue weighted by molar-refractivity contribution is 5.75. The van der Waals surface area contributed by atoms with Crippen LogP contribution in [0.1, 0.15) is 25.8 Å². The number of nitrogens with two attached hydrogens (primary N) is 1. The van der Waals surface area contributed by atoms with Gasteiger partial charge in [-0.25, -0.2) is 9.97 Å². The summed E-state index contributed by atoms with van der Waals surface area (Å²) in [4.78, 5) is 8.91. The summed E-state index contributed by atoms with van der Waals surface area (Å²) in [5.41, 5.74) is 8.71. The van der Waals surface area contributed by atoms with Crippen LogP contribution in [-0.4, -0.2) is 27.2 Å². The van der Waals surface area contributed by atoms with Crippen LogP contribution in [0.25, 0.3) is 11.2 Å². The molecule has 0 aliphatic carbocycles. The van der Waals surface area contributed by atoms with Crippen molar-refractivity contribution in [1.29, 1.82) is 0 Å². The Hall–Kier alpha value is -1.62. The average molecular weight is 246 g/mol.